The van der Waals surface area contributed by atoms with Crippen molar-refractivity contribution in [3.8, 4) is 0 Å². The van der Waals surface area contributed by atoms with E-state index in [9.17, 15) is 8.42 Å². The van der Waals surface area contributed by atoms with Crippen LogP contribution in [0.2, 0.25) is 5.02 Å². The maximum absolute atomic E-state index is 12.4. The molecule has 0 fully saturated rings. The van der Waals surface area contributed by atoms with Crippen molar-refractivity contribution in [1.29, 1.82) is 0 Å². The molecular formula is C18H18ClN3O3S. The SMILES string of the molecule is CC(C)c1nc(Cc2ccc(NS(=O)(=O)c3ccc(Cl)cc3)cc2)no1. The third kappa shape index (κ3) is 4.42. The molecule has 0 bridgehead atoms. The van der Waals surface area contributed by atoms with Gasteiger partial charge in [-0.3, -0.25) is 4.72 Å². The number of aromatic nitrogens is 2. The average molecular weight is 392 g/mol. The van der Waals surface area contributed by atoms with E-state index >= 15 is 0 Å². The zero-order valence-electron chi connectivity index (χ0n) is 14.3. The molecule has 1 N–H and O–H groups in total. The van der Waals surface area contributed by atoms with E-state index in [4.69, 9.17) is 16.1 Å². The van der Waals surface area contributed by atoms with Gasteiger partial charge in [-0.25, -0.2) is 8.42 Å². The van der Waals surface area contributed by atoms with Crippen molar-refractivity contribution in [3.63, 3.8) is 0 Å². The maximum atomic E-state index is 12.4. The molecule has 6 nitrogen and oxygen atoms in total. The Bertz CT molecular complexity index is 981. The lowest BCUT2D eigenvalue weighted by Gasteiger charge is -2.08. The normalized spacial score (nSPS) is 11.7. The molecule has 136 valence electrons. The summed E-state index contributed by atoms with van der Waals surface area (Å²) in [6.07, 6.45) is 0.514. The van der Waals surface area contributed by atoms with E-state index in [0.29, 0.717) is 28.8 Å². The van der Waals surface area contributed by atoms with Gasteiger partial charge in [0, 0.05) is 23.0 Å². The predicted molar refractivity (Wildman–Crippen MR) is 99.9 cm³/mol. The van der Waals surface area contributed by atoms with Crippen LogP contribution in [-0.4, -0.2) is 18.6 Å². The van der Waals surface area contributed by atoms with Gasteiger partial charge in [-0.1, -0.05) is 42.7 Å². The van der Waals surface area contributed by atoms with Crippen molar-refractivity contribution >= 4 is 27.3 Å². The first-order valence-corrected chi connectivity index (χ1v) is 9.89. The summed E-state index contributed by atoms with van der Waals surface area (Å²) < 4.78 is 32.5. The van der Waals surface area contributed by atoms with E-state index < -0.39 is 10.0 Å². The molecule has 2 aromatic carbocycles. The summed E-state index contributed by atoms with van der Waals surface area (Å²) in [4.78, 5) is 4.49. The molecule has 0 aliphatic heterocycles. The van der Waals surface area contributed by atoms with Crippen molar-refractivity contribution in [2.24, 2.45) is 0 Å². The molecule has 3 aromatic rings. The minimum Gasteiger partial charge on any atom is -0.339 e. The van der Waals surface area contributed by atoms with Crippen LogP contribution in [0.15, 0.2) is 57.9 Å². The van der Waals surface area contributed by atoms with Crippen LogP contribution >= 0.6 is 11.6 Å². The Hall–Kier alpha value is -2.38. The van der Waals surface area contributed by atoms with Crippen molar-refractivity contribution in [1.82, 2.24) is 10.1 Å². The van der Waals surface area contributed by atoms with Crippen molar-refractivity contribution in [2.75, 3.05) is 4.72 Å². The van der Waals surface area contributed by atoms with Crippen LogP contribution < -0.4 is 4.72 Å². The van der Waals surface area contributed by atoms with Gasteiger partial charge in [0.05, 0.1) is 4.90 Å². The van der Waals surface area contributed by atoms with Gasteiger partial charge in [-0.15, -0.1) is 0 Å². The molecule has 1 aromatic heterocycles. The molecule has 0 radical (unpaired) electrons. The summed E-state index contributed by atoms with van der Waals surface area (Å²) in [6.45, 7) is 3.97. The fraction of sp³-hybridized carbons (Fsp3) is 0.222. The minimum atomic E-state index is -3.66. The second kappa shape index (κ2) is 7.47. The highest BCUT2D eigenvalue weighted by atomic mass is 35.5. The molecule has 3 rings (SSSR count). The van der Waals surface area contributed by atoms with Gasteiger partial charge in [-0.2, -0.15) is 4.98 Å². The van der Waals surface area contributed by atoms with Crippen molar-refractivity contribution in [3.05, 3.63) is 70.8 Å². The molecule has 0 amide bonds. The first kappa shape index (κ1) is 18.4. The average Bonchev–Trinajstić information content (AvgIpc) is 3.06. The van der Waals surface area contributed by atoms with E-state index in [-0.39, 0.29) is 10.8 Å². The molecule has 1 heterocycles. The Morgan fingerprint density at radius 1 is 1.08 bits per heavy atom. The molecule has 0 aliphatic carbocycles. The summed E-state index contributed by atoms with van der Waals surface area (Å²) in [5, 5.41) is 4.43. The van der Waals surface area contributed by atoms with Gasteiger partial charge in [0.25, 0.3) is 10.0 Å². The fourth-order valence-electron chi connectivity index (χ4n) is 2.27. The second-order valence-electron chi connectivity index (χ2n) is 6.14. The smallest absolute Gasteiger partial charge is 0.261 e. The first-order valence-electron chi connectivity index (χ1n) is 8.03. The molecule has 0 saturated heterocycles. The third-order valence-electron chi connectivity index (χ3n) is 3.67. The number of benzene rings is 2. The lowest BCUT2D eigenvalue weighted by molar-refractivity contribution is 0.361. The molecule has 8 heteroatoms. The summed E-state index contributed by atoms with van der Waals surface area (Å²) >= 11 is 5.79. The van der Waals surface area contributed by atoms with Crippen LogP contribution in [0.4, 0.5) is 5.69 Å². The Labute approximate surface area is 157 Å². The minimum absolute atomic E-state index is 0.152. The van der Waals surface area contributed by atoms with Crippen LogP contribution in [-0.2, 0) is 16.4 Å². The molecule has 0 atom stereocenters. The molecule has 0 saturated carbocycles. The van der Waals surface area contributed by atoms with Crippen molar-refractivity contribution < 1.29 is 12.9 Å². The van der Waals surface area contributed by atoms with Gasteiger partial charge in [0.1, 0.15) is 0 Å². The monoisotopic (exact) mass is 391 g/mol. The van der Waals surface area contributed by atoms with E-state index in [1.54, 1.807) is 12.1 Å². The van der Waals surface area contributed by atoms with Crippen LogP contribution in [0.25, 0.3) is 0 Å². The molecule has 0 unspecified atom stereocenters. The fourth-order valence-corrected chi connectivity index (χ4v) is 3.46. The Balaban J connectivity index is 1.70. The largest absolute Gasteiger partial charge is 0.339 e. The summed E-state index contributed by atoms with van der Waals surface area (Å²) in [5.41, 5.74) is 1.43. The van der Waals surface area contributed by atoms with Crippen molar-refractivity contribution in [2.45, 2.75) is 31.1 Å². The number of nitrogens with zero attached hydrogens (tertiary/aromatic N) is 2. The highest BCUT2D eigenvalue weighted by Crippen LogP contribution is 2.20. The summed E-state index contributed by atoms with van der Waals surface area (Å²) in [6, 6.07) is 13.0. The van der Waals surface area contributed by atoms with Crippen LogP contribution in [0, 0.1) is 0 Å². The van der Waals surface area contributed by atoms with Crippen LogP contribution in [0.5, 0.6) is 0 Å². The predicted octanol–water partition coefficient (Wildman–Crippen LogP) is 4.24. The summed E-state index contributed by atoms with van der Waals surface area (Å²) in [7, 11) is -3.66. The number of hydrogen-bond acceptors (Lipinski definition) is 5. The summed E-state index contributed by atoms with van der Waals surface area (Å²) in [5.74, 6) is 1.39. The standard InChI is InChI=1S/C18H18ClN3O3S/c1-12(2)18-20-17(21-25-18)11-13-3-7-15(8-4-13)22-26(23,24)16-9-5-14(19)6-10-16/h3-10,12,22H,11H2,1-2H3. The van der Waals surface area contributed by atoms with Gasteiger partial charge in [-0.05, 0) is 42.0 Å². The highest BCUT2D eigenvalue weighted by Gasteiger charge is 2.14. The van der Waals surface area contributed by atoms with E-state index in [2.05, 4.69) is 14.9 Å². The van der Waals surface area contributed by atoms with Crippen LogP contribution in [0.1, 0.15) is 37.0 Å². The van der Waals surface area contributed by atoms with E-state index in [1.165, 1.54) is 24.3 Å². The highest BCUT2D eigenvalue weighted by molar-refractivity contribution is 7.92. The number of sulfonamides is 1. The topological polar surface area (TPSA) is 85.1 Å². The van der Waals surface area contributed by atoms with Gasteiger partial charge in [0.15, 0.2) is 5.82 Å². The Morgan fingerprint density at radius 3 is 2.31 bits per heavy atom. The number of anilines is 1. The number of hydrogen-bond donors (Lipinski definition) is 1. The van der Waals surface area contributed by atoms with E-state index in [0.717, 1.165) is 5.56 Å². The zero-order chi connectivity index (χ0) is 18.7. The molecule has 0 spiro atoms. The Morgan fingerprint density at radius 2 is 1.73 bits per heavy atom. The van der Waals surface area contributed by atoms with Gasteiger partial charge < -0.3 is 4.52 Å². The first-order chi connectivity index (χ1) is 12.3. The van der Waals surface area contributed by atoms with E-state index in [1.807, 2.05) is 26.0 Å². The van der Waals surface area contributed by atoms with Gasteiger partial charge in [0.2, 0.25) is 5.89 Å². The van der Waals surface area contributed by atoms with Crippen LogP contribution in [0.3, 0.4) is 0 Å². The lowest BCUT2D eigenvalue weighted by Crippen LogP contribution is -2.12. The number of nitrogens with one attached hydrogen (secondary N) is 1. The number of halogens is 1. The molecule has 26 heavy (non-hydrogen) atoms. The lowest BCUT2D eigenvalue weighted by atomic mass is 10.1. The molecular weight excluding hydrogens is 374 g/mol. The molecule has 0 aliphatic rings. The maximum Gasteiger partial charge on any atom is 0.261 e. The van der Waals surface area contributed by atoms with Gasteiger partial charge >= 0.3 is 0 Å². The number of rotatable bonds is 6. The third-order valence-corrected chi connectivity index (χ3v) is 5.32. The Kier molecular flexibility index (Phi) is 5.29. The second-order valence-corrected chi connectivity index (χ2v) is 8.26. The quantitative estimate of drug-likeness (QED) is 0.679. The zero-order valence-corrected chi connectivity index (χ0v) is 15.9.